The second kappa shape index (κ2) is 3.21. The molecule has 3 heteroatoms. The number of rotatable bonds is 2. The molecule has 0 radical (unpaired) electrons. The predicted octanol–water partition coefficient (Wildman–Crippen LogP) is 0.886. The Kier molecular flexibility index (Phi) is 2.32. The number of halogens is 1. The van der Waals surface area contributed by atoms with Gasteiger partial charge in [-0.15, -0.1) is 0 Å². The maximum Gasteiger partial charge on any atom is 0.141 e. The van der Waals surface area contributed by atoms with E-state index in [0.717, 1.165) is 19.6 Å². The summed E-state index contributed by atoms with van der Waals surface area (Å²) < 4.78 is 14.1. The van der Waals surface area contributed by atoms with E-state index in [1.165, 1.54) is 0 Å². The lowest BCUT2D eigenvalue weighted by atomic mass is 9.97. The lowest BCUT2D eigenvalue weighted by Gasteiger charge is -2.20. The molecule has 0 saturated carbocycles. The smallest absolute Gasteiger partial charge is 0.141 e. The Hall–Kier alpha value is -0.150. The molecule has 2 saturated heterocycles. The van der Waals surface area contributed by atoms with E-state index in [9.17, 15) is 4.39 Å². The zero-order valence-corrected chi connectivity index (χ0v) is 8.52. The first-order valence-electron chi connectivity index (χ1n) is 5.22. The van der Waals surface area contributed by atoms with Crippen LogP contribution < -0.4 is 5.32 Å². The van der Waals surface area contributed by atoms with Gasteiger partial charge in [0.05, 0.1) is 0 Å². The minimum absolute atomic E-state index is 0.242. The number of hydrogen-bond acceptors (Lipinski definition) is 2. The van der Waals surface area contributed by atoms with Crippen LogP contribution in [0.4, 0.5) is 4.39 Å². The first kappa shape index (κ1) is 9.41. The highest BCUT2D eigenvalue weighted by Crippen LogP contribution is 2.34. The van der Waals surface area contributed by atoms with Crippen LogP contribution in [0.5, 0.6) is 0 Å². The van der Waals surface area contributed by atoms with Crippen molar-refractivity contribution in [2.45, 2.75) is 19.5 Å². The summed E-state index contributed by atoms with van der Waals surface area (Å²) in [7, 11) is 0. The third-order valence-corrected chi connectivity index (χ3v) is 3.13. The Morgan fingerprint density at radius 3 is 3.00 bits per heavy atom. The number of alkyl halides is 1. The molecule has 0 aromatic rings. The normalized spacial score (nSPS) is 40.2. The van der Waals surface area contributed by atoms with Crippen LogP contribution in [0.3, 0.4) is 0 Å². The molecule has 2 rings (SSSR count). The van der Waals surface area contributed by atoms with Crippen LogP contribution in [-0.2, 0) is 0 Å². The van der Waals surface area contributed by atoms with Gasteiger partial charge < -0.3 is 5.32 Å². The maximum atomic E-state index is 14.1. The fourth-order valence-electron chi connectivity index (χ4n) is 2.60. The van der Waals surface area contributed by atoms with E-state index >= 15 is 0 Å². The lowest BCUT2D eigenvalue weighted by molar-refractivity contribution is 0.159. The molecule has 0 aliphatic carbocycles. The molecule has 2 nitrogen and oxygen atoms in total. The van der Waals surface area contributed by atoms with Gasteiger partial charge in [0.25, 0.3) is 0 Å². The molecule has 76 valence electrons. The highest BCUT2D eigenvalue weighted by Gasteiger charge is 2.50. The van der Waals surface area contributed by atoms with Crippen molar-refractivity contribution in [2.75, 3.05) is 32.7 Å². The number of nitrogens with zero attached hydrogens (tertiary/aromatic N) is 1. The summed E-state index contributed by atoms with van der Waals surface area (Å²) in [6.45, 7) is 8.44. The molecular formula is C10H19FN2. The number of fused-ring (bicyclic) bond motifs is 1. The summed E-state index contributed by atoms with van der Waals surface area (Å²) in [4.78, 5) is 2.27. The van der Waals surface area contributed by atoms with Crippen molar-refractivity contribution >= 4 is 0 Å². The SMILES string of the molecule is CC(C)CN1CC2CNCC2(F)C1. The van der Waals surface area contributed by atoms with Crippen molar-refractivity contribution in [3.05, 3.63) is 0 Å². The molecule has 2 atom stereocenters. The quantitative estimate of drug-likeness (QED) is 0.689. The van der Waals surface area contributed by atoms with Crippen LogP contribution in [0, 0.1) is 11.8 Å². The van der Waals surface area contributed by atoms with Gasteiger partial charge in [-0.05, 0) is 5.92 Å². The van der Waals surface area contributed by atoms with Gasteiger partial charge in [0.15, 0.2) is 0 Å². The summed E-state index contributed by atoms with van der Waals surface area (Å²) in [6.07, 6.45) is 0. The predicted molar refractivity (Wildman–Crippen MR) is 51.5 cm³/mol. The average molecular weight is 186 g/mol. The third-order valence-electron chi connectivity index (χ3n) is 3.13. The highest BCUT2D eigenvalue weighted by molar-refractivity contribution is 5.04. The Bertz CT molecular complexity index is 195. The summed E-state index contributed by atoms with van der Waals surface area (Å²) in [5.74, 6) is 0.890. The van der Waals surface area contributed by atoms with Crippen molar-refractivity contribution < 1.29 is 4.39 Å². The lowest BCUT2D eigenvalue weighted by Crippen LogP contribution is -2.35. The van der Waals surface area contributed by atoms with Gasteiger partial charge in [-0.25, -0.2) is 4.39 Å². The third kappa shape index (κ3) is 1.72. The van der Waals surface area contributed by atoms with E-state index in [1.807, 2.05) is 0 Å². The van der Waals surface area contributed by atoms with Gasteiger partial charge in [0.1, 0.15) is 5.67 Å². The second-order valence-corrected chi connectivity index (χ2v) is 4.95. The molecule has 2 unspecified atom stereocenters. The van der Waals surface area contributed by atoms with Crippen LogP contribution in [0.15, 0.2) is 0 Å². The van der Waals surface area contributed by atoms with Crippen LogP contribution in [0.2, 0.25) is 0 Å². The molecule has 0 aromatic carbocycles. The van der Waals surface area contributed by atoms with E-state index in [-0.39, 0.29) is 5.92 Å². The van der Waals surface area contributed by atoms with Crippen molar-refractivity contribution in [1.29, 1.82) is 0 Å². The monoisotopic (exact) mass is 186 g/mol. The topological polar surface area (TPSA) is 15.3 Å². The molecule has 0 bridgehead atoms. The minimum Gasteiger partial charge on any atom is -0.313 e. The second-order valence-electron chi connectivity index (χ2n) is 4.95. The van der Waals surface area contributed by atoms with Crippen LogP contribution in [-0.4, -0.2) is 43.3 Å². The van der Waals surface area contributed by atoms with Crippen LogP contribution >= 0.6 is 0 Å². The maximum absolute atomic E-state index is 14.1. The Morgan fingerprint density at radius 1 is 1.62 bits per heavy atom. The van der Waals surface area contributed by atoms with E-state index in [2.05, 4.69) is 24.1 Å². The van der Waals surface area contributed by atoms with Gasteiger partial charge in [-0.1, -0.05) is 13.8 Å². The first-order valence-corrected chi connectivity index (χ1v) is 5.22. The van der Waals surface area contributed by atoms with Gasteiger partial charge in [0.2, 0.25) is 0 Å². The highest BCUT2D eigenvalue weighted by atomic mass is 19.1. The Balaban J connectivity index is 1.94. The fourth-order valence-corrected chi connectivity index (χ4v) is 2.60. The van der Waals surface area contributed by atoms with Gasteiger partial charge in [-0.2, -0.15) is 0 Å². The van der Waals surface area contributed by atoms with Crippen molar-refractivity contribution in [3.63, 3.8) is 0 Å². The molecular weight excluding hydrogens is 167 g/mol. The largest absolute Gasteiger partial charge is 0.313 e. The zero-order chi connectivity index (χ0) is 9.47. The molecule has 13 heavy (non-hydrogen) atoms. The van der Waals surface area contributed by atoms with Gasteiger partial charge >= 0.3 is 0 Å². The first-order chi connectivity index (χ1) is 6.10. The Morgan fingerprint density at radius 2 is 2.38 bits per heavy atom. The number of likely N-dealkylation sites (tertiary alicyclic amines) is 1. The Labute approximate surface area is 79.5 Å². The zero-order valence-electron chi connectivity index (χ0n) is 8.52. The summed E-state index contributed by atoms with van der Waals surface area (Å²) in [5.41, 5.74) is -0.922. The number of hydrogen-bond donors (Lipinski definition) is 1. The summed E-state index contributed by atoms with van der Waals surface area (Å²) in [6, 6.07) is 0. The molecule has 2 fully saturated rings. The van der Waals surface area contributed by atoms with Gasteiger partial charge in [-0.3, -0.25) is 4.90 Å². The van der Waals surface area contributed by atoms with Gasteiger partial charge in [0, 0.05) is 38.6 Å². The van der Waals surface area contributed by atoms with Crippen molar-refractivity contribution in [2.24, 2.45) is 11.8 Å². The fraction of sp³-hybridized carbons (Fsp3) is 1.00. The minimum atomic E-state index is -0.922. The van der Waals surface area contributed by atoms with Crippen molar-refractivity contribution in [3.8, 4) is 0 Å². The molecule has 0 aromatic heterocycles. The molecule has 2 aliphatic heterocycles. The van der Waals surface area contributed by atoms with E-state index in [1.54, 1.807) is 0 Å². The van der Waals surface area contributed by atoms with E-state index in [0.29, 0.717) is 19.0 Å². The summed E-state index contributed by atoms with van der Waals surface area (Å²) in [5, 5.41) is 3.14. The van der Waals surface area contributed by atoms with E-state index < -0.39 is 5.67 Å². The summed E-state index contributed by atoms with van der Waals surface area (Å²) >= 11 is 0. The van der Waals surface area contributed by atoms with Crippen molar-refractivity contribution in [1.82, 2.24) is 10.2 Å². The standard InChI is InChI=1S/C10H19FN2/c1-8(2)4-13-5-9-3-12-6-10(9,11)7-13/h8-9,12H,3-7H2,1-2H3. The van der Waals surface area contributed by atoms with Crippen LogP contribution in [0.1, 0.15) is 13.8 Å². The molecule has 2 aliphatic rings. The van der Waals surface area contributed by atoms with E-state index in [4.69, 9.17) is 0 Å². The molecule has 1 N–H and O–H groups in total. The molecule has 0 amide bonds. The number of nitrogens with one attached hydrogen (secondary N) is 1. The average Bonchev–Trinajstić information content (AvgIpc) is 2.40. The molecule has 2 heterocycles. The van der Waals surface area contributed by atoms with Crippen LogP contribution in [0.25, 0.3) is 0 Å². The molecule has 0 spiro atoms.